The van der Waals surface area contributed by atoms with E-state index >= 15 is 0 Å². The van der Waals surface area contributed by atoms with Crippen LogP contribution in [0.3, 0.4) is 0 Å². The molecule has 4 rings (SSSR count). The smallest absolute Gasteiger partial charge is 0.407 e. The third-order valence-corrected chi connectivity index (χ3v) is 4.91. The van der Waals surface area contributed by atoms with E-state index in [1.165, 1.54) is 22.0 Å². The molecule has 1 saturated carbocycles. The van der Waals surface area contributed by atoms with Crippen LogP contribution in [0.2, 0.25) is 0 Å². The molecule has 2 atom stereocenters. The summed E-state index contributed by atoms with van der Waals surface area (Å²) in [6, 6.07) is 6.59. The summed E-state index contributed by atoms with van der Waals surface area (Å²) in [5, 5.41) is 4.27. The number of likely N-dealkylation sites (N-methyl/N-ethyl adjacent to an activating group) is 1. The lowest BCUT2D eigenvalue weighted by molar-refractivity contribution is 0.176. The van der Waals surface area contributed by atoms with Crippen molar-refractivity contribution in [3.63, 3.8) is 0 Å². The molecular formula is C17H21N3O2. The average molecular weight is 299 g/mol. The van der Waals surface area contributed by atoms with Crippen molar-refractivity contribution in [2.75, 3.05) is 27.2 Å². The molecule has 2 aliphatic rings. The Morgan fingerprint density at radius 1 is 1.41 bits per heavy atom. The number of alkyl carbamates (subject to hydrolysis) is 1. The molecule has 5 nitrogen and oxygen atoms in total. The number of nitrogens with one attached hydrogen (secondary N) is 2. The van der Waals surface area contributed by atoms with Crippen LogP contribution in [0.15, 0.2) is 24.4 Å². The van der Waals surface area contributed by atoms with Crippen molar-refractivity contribution in [1.29, 1.82) is 0 Å². The first-order valence-corrected chi connectivity index (χ1v) is 7.77. The van der Waals surface area contributed by atoms with E-state index in [0.717, 1.165) is 19.4 Å². The van der Waals surface area contributed by atoms with E-state index in [0.29, 0.717) is 12.5 Å². The number of rotatable bonds is 4. The van der Waals surface area contributed by atoms with Crippen LogP contribution in [-0.4, -0.2) is 48.8 Å². The molecule has 2 N–H and O–H groups in total. The molecule has 1 aliphatic heterocycles. The van der Waals surface area contributed by atoms with Gasteiger partial charge in [-0.25, -0.2) is 4.79 Å². The number of carbonyl (C=O) groups excluding carboxylic acids is 1. The molecule has 0 bridgehead atoms. The monoisotopic (exact) mass is 299 g/mol. The van der Waals surface area contributed by atoms with Gasteiger partial charge >= 0.3 is 6.09 Å². The maximum Gasteiger partial charge on any atom is 0.407 e. The van der Waals surface area contributed by atoms with Gasteiger partial charge in [0.1, 0.15) is 6.61 Å². The van der Waals surface area contributed by atoms with Gasteiger partial charge < -0.3 is 19.9 Å². The van der Waals surface area contributed by atoms with E-state index in [2.05, 4.69) is 53.7 Å². The second kappa shape index (κ2) is 4.74. The Bertz CT molecular complexity index is 737. The van der Waals surface area contributed by atoms with Crippen LogP contribution in [0.1, 0.15) is 23.5 Å². The lowest BCUT2D eigenvalue weighted by Crippen LogP contribution is -2.29. The van der Waals surface area contributed by atoms with Crippen LogP contribution >= 0.6 is 0 Å². The standard InChI is InChI=1S/C17H21N3O2/c1-20(2)6-5-12-9-18-15-4-3-11(7-13(12)15)14-8-17(14)10-22-16(21)19-17/h3-4,7,9,14,18H,5-6,8,10H2,1-2H3,(H,19,21)/t14-,17?/m0/s1. The molecule has 1 amide bonds. The number of hydrogen-bond acceptors (Lipinski definition) is 3. The van der Waals surface area contributed by atoms with Crippen LogP contribution in [0.25, 0.3) is 10.9 Å². The van der Waals surface area contributed by atoms with Crippen molar-refractivity contribution < 1.29 is 9.53 Å². The van der Waals surface area contributed by atoms with Crippen LogP contribution in [0.5, 0.6) is 0 Å². The zero-order valence-electron chi connectivity index (χ0n) is 13.0. The minimum Gasteiger partial charge on any atom is -0.447 e. The summed E-state index contributed by atoms with van der Waals surface area (Å²) in [7, 11) is 4.19. The number of aromatic amines is 1. The zero-order valence-corrected chi connectivity index (χ0v) is 13.0. The Labute approximate surface area is 129 Å². The summed E-state index contributed by atoms with van der Waals surface area (Å²) in [5.74, 6) is 0.375. The number of nitrogens with zero attached hydrogens (tertiary/aromatic N) is 1. The molecule has 116 valence electrons. The number of amides is 1. The molecule has 5 heteroatoms. The summed E-state index contributed by atoms with van der Waals surface area (Å²) in [6.07, 6.45) is 3.84. The van der Waals surface area contributed by atoms with E-state index in [4.69, 9.17) is 4.74 Å². The Morgan fingerprint density at radius 3 is 3.00 bits per heavy atom. The third-order valence-electron chi connectivity index (χ3n) is 4.91. The third kappa shape index (κ3) is 2.16. The number of benzene rings is 1. The van der Waals surface area contributed by atoms with Gasteiger partial charge in [-0.2, -0.15) is 0 Å². The summed E-state index contributed by atoms with van der Waals surface area (Å²) in [6.45, 7) is 1.53. The number of aromatic nitrogens is 1. The molecule has 2 aromatic rings. The summed E-state index contributed by atoms with van der Waals surface area (Å²) < 4.78 is 5.08. The fourth-order valence-corrected chi connectivity index (χ4v) is 3.47. The second-order valence-electron chi connectivity index (χ2n) is 6.79. The van der Waals surface area contributed by atoms with Crippen molar-refractivity contribution in [3.05, 3.63) is 35.5 Å². The molecular weight excluding hydrogens is 278 g/mol. The van der Waals surface area contributed by atoms with Crippen molar-refractivity contribution in [2.45, 2.75) is 24.3 Å². The van der Waals surface area contributed by atoms with Crippen LogP contribution in [0.4, 0.5) is 4.79 Å². The topological polar surface area (TPSA) is 57.4 Å². The van der Waals surface area contributed by atoms with Gasteiger partial charge in [-0.05, 0) is 50.2 Å². The number of H-pyrrole nitrogens is 1. The highest BCUT2D eigenvalue weighted by atomic mass is 16.6. The van der Waals surface area contributed by atoms with Gasteiger partial charge in [0.2, 0.25) is 0 Å². The van der Waals surface area contributed by atoms with Crippen molar-refractivity contribution >= 4 is 17.0 Å². The van der Waals surface area contributed by atoms with Gasteiger partial charge in [-0.1, -0.05) is 6.07 Å². The fraction of sp³-hybridized carbons (Fsp3) is 0.471. The summed E-state index contributed by atoms with van der Waals surface area (Å²) in [4.78, 5) is 16.9. The van der Waals surface area contributed by atoms with E-state index in [9.17, 15) is 4.79 Å². The van der Waals surface area contributed by atoms with E-state index in [1.807, 2.05) is 0 Å². The molecule has 0 radical (unpaired) electrons. The van der Waals surface area contributed by atoms with Gasteiger partial charge in [0.25, 0.3) is 0 Å². The van der Waals surface area contributed by atoms with Crippen molar-refractivity contribution in [3.8, 4) is 0 Å². The number of ether oxygens (including phenoxy) is 1. The highest BCUT2D eigenvalue weighted by Crippen LogP contribution is 2.53. The quantitative estimate of drug-likeness (QED) is 0.910. The minimum absolute atomic E-state index is 0.148. The highest BCUT2D eigenvalue weighted by molar-refractivity contribution is 5.84. The van der Waals surface area contributed by atoms with Crippen LogP contribution in [-0.2, 0) is 11.2 Å². The zero-order chi connectivity index (χ0) is 15.3. The van der Waals surface area contributed by atoms with Gasteiger partial charge in [-0.3, -0.25) is 0 Å². The first-order chi connectivity index (χ1) is 10.6. The van der Waals surface area contributed by atoms with Gasteiger partial charge in [0.15, 0.2) is 0 Å². The van der Waals surface area contributed by atoms with Gasteiger partial charge in [0, 0.05) is 29.6 Å². The van der Waals surface area contributed by atoms with Crippen LogP contribution in [0, 0.1) is 0 Å². The average Bonchev–Trinajstić information content (AvgIpc) is 2.84. The number of fused-ring (bicyclic) bond motifs is 1. The predicted molar refractivity (Wildman–Crippen MR) is 85.1 cm³/mol. The molecule has 1 spiro atoms. The highest BCUT2D eigenvalue weighted by Gasteiger charge is 2.60. The lowest BCUT2D eigenvalue weighted by atomic mass is 10.0. The molecule has 1 unspecified atom stereocenters. The SMILES string of the molecule is CN(C)CCc1c[nH]c2ccc([C@@H]3CC34COC(=O)N4)cc12. The molecule has 1 aliphatic carbocycles. The Kier molecular flexibility index (Phi) is 2.94. The van der Waals surface area contributed by atoms with E-state index < -0.39 is 0 Å². The Hall–Kier alpha value is -2.01. The molecule has 1 aromatic heterocycles. The van der Waals surface area contributed by atoms with Crippen molar-refractivity contribution in [1.82, 2.24) is 15.2 Å². The largest absolute Gasteiger partial charge is 0.447 e. The molecule has 2 heterocycles. The number of carbonyl (C=O) groups is 1. The normalized spacial score (nSPS) is 26.7. The maximum atomic E-state index is 11.3. The Morgan fingerprint density at radius 2 is 2.27 bits per heavy atom. The van der Waals surface area contributed by atoms with Gasteiger partial charge in [-0.15, -0.1) is 0 Å². The molecule has 1 saturated heterocycles. The van der Waals surface area contributed by atoms with E-state index in [1.54, 1.807) is 0 Å². The first-order valence-electron chi connectivity index (χ1n) is 7.77. The van der Waals surface area contributed by atoms with E-state index in [-0.39, 0.29) is 11.6 Å². The first kappa shape index (κ1) is 13.6. The Balaban J connectivity index is 1.61. The summed E-state index contributed by atoms with van der Waals surface area (Å²) in [5.41, 5.74) is 3.68. The lowest BCUT2D eigenvalue weighted by Gasteiger charge is -2.09. The fourth-order valence-electron chi connectivity index (χ4n) is 3.47. The van der Waals surface area contributed by atoms with Gasteiger partial charge in [0.05, 0.1) is 5.54 Å². The van der Waals surface area contributed by atoms with Crippen molar-refractivity contribution in [2.24, 2.45) is 0 Å². The molecule has 22 heavy (non-hydrogen) atoms. The summed E-state index contributed by atoms with van der Waals surface area (Å²) >= 11 is 0. The number of hydrogen-bond donors (Lipinski definition) is 2. The second-order valence-corrected chi connectivity index (χ2v) is 6.79. The molecule has 1 aromatic carbocycles. The maximum absolute atomic E-state index is 11.3. The molecule has 2 fully saturated rings. The van der Waals surface area contributed by atoms with Crippen LogP contribution < -0.4 is 5.32 Å². The predicted octanol–water partition coefficient (Wildman–Crippen LogP) is 2.24. The minimum atomic E-state index is -0.281. The number of cyclic esters (lactones) is 1.